The predicted octanol–water partition coefficient (Wildman–Crippen LogP) is 2.97. The zero-order valence-corrected chi connectivity index (χ0v) is 10.1. The average Bonchev–Trinajstić information content (AvgIpc) is 2.62. The van der Waals surface area contributed by atoms with Gasteiger partial charge in [-0.3, -0.25) is 0 Å². The maximum absolute atomic E-state index is 11.5. The van der Waals surface area contributed by atoms with E-state index >= 15 is 0 Å². The fourth-order valence-corrected chi connectivity index (χ4v) is 2.51. The van der Waals surface area contributed by atoms with E-state index in [1.807, 2.05) is 25.1 Å². The van der Waals surface area contributed by atoms with Gasteiger partial charge in [0.1, 0.15) is 4.88 Å². The van der Waals surface area contributed by atoms with Gasteiger partial charge in [0.15, 0.2) is 0 Å². The molecule has 0 spiro atoms. The number of carbonyl (C=O) groups excluding carboxylic acids is 1. The molecule has 0 aliphatic rings. The van der Waals surface area contributed by atoms with E-state index in [1.54, 1.807) is 6.92 Å². The van der Waals surface area contributed by atoms with Crippen molar-refractivity contribution in [3.63, 3.8) is 0 Å². The summed E-state index contributed by atoms with van der Waals surface area (Å²) in [5, 5.41) is 1.04. The van der Waals surface area contributed by atoms with Gasteiger partial charge in [0, 0.05) is 10.4 Å². The number of nitrogens with two attached hydrogens (primary N) is 1. The highest BCUT2D eigenvalue weighted by Crippen LogP contribution is 2.29. The molecule has 4 heteroatoms. The minimum absolute atomic E-state index is 0.264. The first-order valence-corrected chi connectivity index (χ1v) is 5.90. The van der Waals surface area contributed by atoms with Gasteiger partial charge in [0.25, 0.3) is 0 Å². The molecular weight excluding hydrogens is 222 g/mol. The van der Waals surface area contributed by atoms with Crippen molar-refractivity contribution < 1.29 is 9.53 Å². The van der Waals surface area contributed by atoms with E-state index in [1.165, 1.54) is 11.3 Å². The van der Waals surface area contributed by atoms with Crippen LogP contribution in [0.3, 0.4) is 0 Å². The van der Waals surface area contributed by atoms with E-state index in [0.29, 0.717) is 11.5 Å². The van der Waals surface area contributed by atoms with Crippen LogP contribution in [-0.2, 0) is 4.74 Å². The SMILES string of the molecule is CCOC(=O)c1cc2cc(C)c(N)cc2s1. The van der Waals surface area contributed by atoms with E-state index in [9.17, 15) is 4.79 Å². The quantitative estimate of drug-likeness (QED) is 0.643. The van der Waals surface area contributed by atoms with E-state index in [-0.39, 0.29) is 5.97 Å². The summed E-state index contributed by atoms with van der Waals surface area (Å²) in [6.07, 6.45) is 0. The van der Waals surface area contributed by atoms with Crippen molar-refractivity contribution in [2.24, 2.45) is 0 Å². The summed E-state index contributed by atoms with van der Waals surface area (Å²) in [6.45, 7) is 4.15. The van der Waals surface area contributed by atoms with E-state index in [0.717, 1.165) is 21.3 Å². The first kappa shape index (κ1) is 11.0. The lowest BCUT2D eigenvalue weighted by Gasteiger charge is -1.98. The smallest absolute Gasteiger partial charge is 0.348 e. The van der Waals surface area contributed by atoms with Crippen molar-refractivity contribution in [1.82, 2.24) is 0 Å². The number of thiophene rings is 1. The predicted molar refractivity (Wildman–Crippen MR) is 66.9 cm³/mol. The maximum Gasteiger partial charge on any atom is 0.348 e. The number of benzene rings is 1. The van der Waals surface area contributed by atoms with Crippen molar-refractivity contribution in [3.05, 3.63) is 28.6 Å². The molecule has 84 valence electrons. The molecule has 0 aliphatic carbocycles. The molecule has 2 rings (SSSR count). The molecule has 0 atom stereocenters. The highest BCUT2D eigenvalue weighted by molar-refractivity contribution is 7.20. The number of nitrogen functional groups attached to an aromatic ring is 1. The first-order chi connectivity index (χ1) is 7.61. The molecule has 0 unspecified atom stereocenters. The van der Waals surface area contributed by atoms with Crippen LogP contribution in [0.1, 0.15) is 22.2 Å². The Bertz CT molecular complexity index is 506. The van der Waals surface area contributed by atoms with Gasteiger partial charge in [-0.05, 0) is 43.0 Å². The van der Waals surface area contributed by atoms with Crippen LogP contribution in [0.4, 0.5) is 5.69 Å². The molecule has 0 bridgehead atoms. The Hall–Kier alpha value is -1.55. The van der Waals surface area contributed by atoms with Crippen LogP contribution in [0.2, 0.25) is 0 Å². The number of esters is 1. The van der Waals surface area contributed by atoms with Crippen molar-refractivity contribution in [2.45, 2.75) is 13.8 Å². The fourth-order valence-electron chi connectivity index (χ4n) is 1.52. The number of fused-ring (bicyclic) bond motifs is 1. The van der Waals surface area contributed by atoms with Gasteiger partial charge in [0.05, 0.1) is 6.61 Å². The molecule has 0 aliphatic heterocycles. The third kappa shape index (κ3) is 1.88. The molecule has 0 fully saturated rings. The van der Waals surface area contributed by atoms with Crippen molar-refractivity contribution in [2.75, 3.05) is 12.3 Å². The van der Waals surface area contributed by atoms with Gasteiger partial charge in [0.2, 0.25) is 0 Å². The zero-order valence-electron chi connectivity index (χ0n) is 9.24. The average molecular weight is 235 g/mol. The molecule has 1 aromatic carbocycles. The van der Waals surface area contributed by atoms with Crippen molar-refractivity contribution >= 4 is 33.1 Å². The van der Waals surface area contributed by atoms with Crippen LogP contribution in [0.5, 0.6) is 0 Å². The number of rotatable bonds is 2. The molecule has 2 aromatic rings. The molecule has 1 heterocycles. The molecule has 2 N–H and O–H groups in total. The molecule has 1 aromatic heterocycles. The molecular formula is C12H13NO2S. The Morgan fingerprint density at radius 1 is 1.44 bits per heavy atom. The normalized spacial score (nSPS) is 10.6. The summed E-state index contributed by atoms with van der Waals surface area (Å²) >= 11 is 1.41. The van der Waals surface area contributed by atoms with Gasteiger partial charge in [-0.25, -0.2) is 4.79 Å². The molecule has 0 radical (unpaired) electrons. The molecule has 0 amide bonds. The van der Waals surface area contributed by atoms with Crippen LogP contribution in [0.25, 0.3) is 10.1 Å². The Balaban J connectivity index is 2.48. The van der Waals surface area contributed by atoms with Crippen LogP contribution in [0.15, 0.2) is 18.2 Å². The Morgan fingerprint density at radius 2 is 2.19 bits per heavy atom. The minimum Gasteiger partial charge on any atom is -0.462 e. The lowest BCUT2D eigenvalue weighted by molar-refractivity contribution is 0.0532. The second kappa shape index (κ2) is 4.14. The van der Waals surface area contributed by atoms with Crippen molar-refractivity contribution in [1.29, 1.82) is 0 Å². The Labute approximate surface area is 97.8 Å². The Kier molecular flexibility index (Phi) is 2.83. The summed E-state index contributed by atoms with van der Waals surface area (Å²) in [7, 11) is 0. The van der Waals surface area contributed by atoms with E-state index in [2.05, 4.69) is 0 Å². The monoisotopic (exact) mass is 235 g/mol. The van der Waals surface area contributed by atoms with Crippen LogP contribution in [-0.4, -0.2) is 12.6 Å². The highest BCUT2D eigenvalue weighted by atomic mass is 32.1. The highest BCUT2D eigenvalue weighted by Gasteiger charge is 2.11. The molecule has 16 heavy (non-hydrogen) atoms. The van der Waals surface area contributed by atoms with Crippen LogP contribution >= 0.6 is 11.3 Å². The van der Waals surface area contributed by atoms with Gasteiger partial charge in [-0.1, -0.05) is 0 Å². The summed E-state index contributed by atoms with van der Waals surface area (Å²) in [5.41, 5.74) is 7.60. The second-order valence-electron chi connectivity index (χ2n) is 3.58. The summed E-state index contributed by atoms with van der Waals surface area (Å²) < 4.78 is 5.98. The topological polar surface area (TPSA) is 52.3 Å². The molecule has 3 nitrogen and oxygen atoms in total. The number of ether oxygens (including phenoxy) is 1. The third-order valence-electron chi connectivity index (χ3n) is 2.38. The maximum atomic E-state index is 11.5. The Morgan fingerprint density at radius 3 is 2.88 bits per heavy atom. The third-order valence-corrected chi connectivity index (χ3v) is 3.46. The standard InChI is InChI=1S/C12H13NO2S/c1-3-15-12(14)11-5-8-4-7(2)9(13)6-10(8)16-11/h4-6H,3,13H2,1-2H3. The number of anilines is 1. The summed E-state index contributed by atoms with van der Waals surface area (Å²) in [5.74, 6) is -0.264. The lowest BCUT2D eigenvalue weighted by Crippen LogP contribution is -2.01. The van der Waals surface area contributed by atoms with Crippen LogP contribution < -0.4 is 5.73 Å². The zero-order chi connectivity index (χ0) is 11.7. The minimum atomic E-state index is -0.264. The van der Waals surface area contributed by atoms with E-state index in [4.69, 9.17) is 10.5 Å². The van der Waals surface area contributed by atoms with Crippen LogP contribution in [0, 0.1) is 6.92 Å². The van der Waals surface area contributed by atoms with E-state index < -0.39 is 0 Å². The number of carbonyl (C=O) groups is 1. The van der Waals surface area contributed by atoms with Gasteiger partial charge in [-0.15, -0.1) is 11.3 Å². The molecule has 0 saturated carbocycles. The largest absolute Gasteiger partial charge is 0.462 e. The number of hydrogen-bond donors (Lipinski definition) is 1. The number of aryl methyl sites for hydroxylation is 1. The number of hydrogen-bond acceptors (Lipinski definition) is 4. The first-order valence-electron chi connectivity index (χ1n) is 5.08. The van der Waals surface area contributed by atoms with Crippen molar-refractivity contribution in [3.8, 4) is 0 Å². The fraction of sp³-hybridized carbons (Fsp3) is 0.250. The summed E-state index contributed by atoms with van der Waals surface area (Å²) in [4.78, 5) is 12.2. The summed E-state index contributed by atoms with van der Waals surface area (Å²) in [6, 6.07) is 5.74. The van der Waals surface area contributed by atoms with Gasteiger partial charge >= 0.3 is 5.97 Å². The van der Waals surface area contributed by atoms with Gasteiger partial charge < -0.3 is 10.5 Å². The lowest BCUT2D eigenvalue weighted by atomic mass is 10.1. The second-order valence-corrected chi connectivity index (χ2v) is 4.66. The molecule has 0 saturated heterocycles. The van der Waals surface area contributed by atoms with Gasteiger partial charge in [-0.2, -0.15) is 0 Å².